The third kappa shape index (κ3) is 5.37. The van der Waals surface area contributed by atoms with Crippen LogP contribution < -0.4 is 15.7 Å². The zero-order valence-electron chi connectivity index (χ0n) is 38.6. The second kappa shape index (κ2) is 13.1. The van der Waals surface area contributed by atoms with Crippen LogP contribution in [0.4, 0.5) is 11.4 Å². The first-order valence-corrected chi connectivity index (χ1v) is 24.4. The van der Waals surface area contributed by atoms with Gasteiger partial charge in [0, 0.05) is 63.9 Å². The molecule has 65 heavy (non-hydrogen) atoms. The number of aryl methyl sites for hydroxylation is 1. The number of aromatic nitrogens is 1. The molecule has 0 saturated heterocycles. The van der Waals surface area contributed by atoms with E-state index in [9.17, 15) is 0 Å². The average Bonchev–Trinajstić information content (AvgIpc) is 3.88. The quantitative estimate of drug-likeness (QED) is 0.134. The number of fused-ring (bicyclic) bond motifs is 14. The molecule has 2 nitrogen and oxygen atoms in total. The molecule has 13 rings (SSSR count). The maximum atomic E-state index is 5.28. The smallest absolute Gasteiger partial charge is 0.333 e. The van der Waals surface area contributed by atoms with Gasteiger partial charge in [0.25, 0.3) is 0 Å². The van der Waals surface area contributed by atoms with Crippen LogP contribution in [0.2, 0.25) is 0 Å². The minimum atomic E-state index is -0.157. The van der Waals surface area contributed by atoms with Crippen LogP contribution in [0.5, 0.6) is 0 Å². The van der Waals surface area contributed by atoms with Crippen molar-refractivity contribution in [2.75, 3.05) is 4.81 Å². The summed E-state index contributed by atoms with van der Waals surface area (Å²) in [4.78, 5) is 3.70. The van der Waals surface area contributed by atoms with Gasteiger partial charge in [-0.1, -0.05) is 146 Å². The number of hydrogen-bond donors (Lipinski definition) is 1. The van der Waals surface area contributed by atoms with E-state index in [-0.39, 0.29) is 23.1 Å². The minimum Gasteiger partial charge on any atom is -0.376 e. The molecule has 0 bridgehead atoms. The Kier molecular flexibility index (Phi) is 7.92. The normalized spacial score (nSPS) is 14.7. The second-order valence-corrected chi connectivity index (χ2v) is 23.2. The van der Waals surface area contributed by atoms with Crippen molar-refractivity contribution in [2.45, 2.75) is 83.5 Å². The molecule has 4 heterocycles. The molecule has 1 aliphatic carbocycles. The molecule has 0 spiro atoms. The number of thiol groups is 1. The van der Waals surface area contributed by atoms with Crippen LogP contribution in [0.1, 0.15) is 83.2 Å². The predicted molar refractivity (Wildman–Crippen MR) is 285 cm³/mol. The Bertz CT molecular complexity index is 3740. The van der Waals surface area contributed by atoms with Crippen LogP contribution >= 0.6 is 24.0 Å². The lowest BCUT2D eigenvalue weighted by molar-refractivity contribution is 0.589. The van der Waals surface area contributed by atoms with Crippen molar-refractivity contribution < 1.29 is 0 Å². The summed E-state index contributed by atoms with van der Waals surface area (Å²) in [6, 6.07) is 54.3. The van der Waals surface area contributed by atoms with Gasteiger partial charge in [0.05, 0.1) is 11.0 Å². The summed E-state index contributed by atoms with van der Waals surface area (Å²) in [5, 5.41) is 5.18. The summed E-state index contributed by atoms with van der Waals surface area (Å²) in [5.41, 5.74) is 23.3. The Balaban J connectivity index is 1.18. The Morgan fingerprint density at radius 2 is 1.26 bits per heavy atom. The van der Waals surface area contributed by atoms with Gasteiger partial charge < -0.3 is 9.38 Å². The van der Waals surface area contributed by atoms with Gasteiger partial charge in [-0.3, -0.25) is 0 Å². The fourth-order valence-corrected chi connectivity index (χ4v) is 13.3. The summed E-state index contributed by atoms with van der Waals surface area (Å²) in [7, 11) is 0. The van der Waals surface area contributed by atoms with Gasteiger partial charge in [0.15, 0.2) is 0 Å². The van der Waals surface area contributed by atoms with Crippen molar-refractivity contribution in [1.29, 1.82) is 0 Å². The third-order valence-electron chi connectivity index (χ3n) is 15.3. The summed E-state index contributed by atoms with van der Waals surface area (Å²) >= 11 is 7.18. The number of nitrogens with zero attached hydrogens (tertiary/aromatic N) is 2. The summed E-state index contributed by atoms with van der Waals surface area (Å²) in [5.74, 6) is 0. The van der Waals surface area contributed by atoms with E-state index in [1.54, 1.807) is 0 Å². The van der Waals surface area contributed by atoms with Gasteiger partial charge >= 0.3 is 6.85 Å². The van der Waals surface area contributed by atoms with Gasteiger partial charge in [-0.2, -0.15) is 0 Å². The molecule has 0 radical (unpaired) electrons. The van der Waals surface area contributed by atoms with E-state index in [1.165, 1.54) is 131 Å². The first-order chi connectivity index (χ1) is 31.1. The van der Waals surface area contributed by atoms with E-state index in [2.05, 4.69) is 211 Å². The number of thiophene rings is 1. The molecule has 0 saturated carbocycles. The minimum absolute atomic E-state index is 0.0327. The van der Waals surface area contributed by atoms with E-state index >= 15 is 0 Å². The van der Waals surface area contributed by atoms with Crippen LogP contribution in [0.3, 0.4) is 0 Å². The van der Waals surface area contributed by atoms with Crippen LogP contribution in [-0.2, 0) is 16.2 Å². The summed E-state index contributed by atoms with van der Waals surface area (Å²) < 4.78 is 5.24. The fourth-order valence-electron chi connectivity index (χ4n) is 11.8. The van der Waals surface area contributed by atoms with Gasteiger partial charge in [0.2, 0.25) is 0 Å². The van der Waals surface area contributed by atoms with Crippen molar-refractivity contribution >= 4 is 95.1 Å². The fraction of sp³-hybridized carbons (Fsp3) is 0.200. The zero-order chi connectivity index (χ0) is 44.6. The molecule has 3 aliphatic rings. The van der Waals surface area contributed by atoms with Gasteiger partial charge in [0.1, 0.15) is 0 Å². The molecular weight excluding hydrogens is 824 g/mol. The van der Waals surface area contributed by atoms with E-state index in [1.807, 2.05) is 11.3 Å². The highest BCUT2D eigenvalue weighted by Crippen LogP contribution is 2.55. The van der Waals surface area contributed by atoms with Crippen LogP contribution in [0, 0.1) is 6.92 Å². The highest BCUT2D eigenvalue weighted by molar-refractivity contribution is 7.80. The van der Waals surface area contributed by atoms with Crippen molar-refractivity contribution in [3.63, 3.8) is 0 Å². The lowest BCUT2D eigenvalue weighted by Crippen LogP contribution is -2.60. The molecule has 8 aromatic carbocycles. The predicted octanol–water partition coefficient (Wildman–Crippen LogP) is 15.6. The van der Waals surface area contributed by atoms with Crippen molar-refractivity contribution in [3.05, 3.63) is 167 Å². The van der Waals surface area contributed by atoms with Crippen LogP contribution in [-0.4, -0.2) is 11.4 Å². The molecule has 0 atom stereocenters. The number of anilines is 2. The molecule has 0 N–H and O–H groups in total. The van der Waals surface area contributed by atoms with Crippen molar-refractivity contribution in [3.8, 4) is 39.1 Å². The first-order valence-electron chi connectivity index (χ1n) is 23.2. The first kappa shape index (κ1) is 39.4. The Morgan fingerprint density at radius 3 is 2.03 bits per heavy atom. The topological polar surface area (TPSA) is 8.17 Å². The Labute approximate surface area is 392 Å². The van der Waals surface area contributed by atoms with Crippen molar-refractivity contribution in [1.82, 2.24) is 4.57 Å². The highest BCUT2D eigenvalue weighted by Gasteiger charge is 2.46. The van der Waals surface area contributed by atoms with E-state index in [0.29, 0.717) is 0 Å². The number of benzene rings is 8. The molecule has 0 unspecified atom stereocenters. The zero-order valence-corrected chi connectivity index (χ0v) is 40.3. The molecule has 316 valence electrons. The Hall–Kier alpha value is -6.01. The Morgan fingerprint density at radius 1 is 0.538 bits per heavy atom. The lowest BCUT2D eigenvalue weighted by Gasteiger charge is -2.42. The lowest BCUT2D eigenvalue weighted by atomic mass is 9.44. The monoisotopic (exact) mass is 874 g/mol. The van der Waals surface area contributed by atoms with E-state index in [0.717, 1.165) is 4.90 Å². The second-order valence-electron chi connectivity index (χ2n) is 21.6. The molecule has 5 heteroatoms. The third-order valence-corrected chi connectivity index (χ3v) is 16.8. The molecule has 10 aromatic rings. The molecule has 2 aromatic heterocycles. The summed E-state index contributed by atoms with van der Waals surface area (Å²) in [6.07, 6.45) is 0. The molecular formula is C60H51BN2S2. The molecule has 0 fully saturated rings. The molecule has 0 amide bonds. The number of rotatable bonds is 2. The SMILES string of the molecule is Cc1ccccc1-c1cc2c3ccc4c5c3n(c2cc1S)-c1cc2sc3ccccc3c2cc1B5N(c1ccc(C(C)(C)C)cc1)c1cc2c(cc1-4)C(C)(C)c1ccc(C(C)(C)C)cc1-2. The molecule has 2 aliphatic heterocycles. The van der Waals surface area contributed by atoms with Gasteiger partial charge in [-0.05, 0) is 133 Å². The van der Waals surface area contributed by atoms with E-state index < -0.39 is 0 Å². The summed E-state index contributed by atoms with van der Waals surface area (Å²) in [6.45, 7) is 20.9. The van der Waals surface area contributed by atoms with Crippen LogP contribution in [0.25, 0.3) is 81.0 Å². The van der Waals surface area contributed by atoms with Gasteiger partial charge in [-0.25, -0.2) is 0 Å². The number of hydrogen-bond acceptors (Lipinski definition) is 3. The average molecular weight is 875 g/mol. The van der Waals surface area contributed by atoms with E-state index in [4.69, 9.17) is 12.6 Å². The highest BCUT2D eigenvalue weighted by atomic mass is 32.1. The van der Waals surface area contributed by atoms with Crippen molar-refractivity contribution in [2.24, 2.45) is 0 Å². The van der Waals surface area contributed by atoms with Gasteiger partial charge in [-0.15, -0.1) is 24.0 Å². The largest absolute Gasteiger partial charge is 0.376 e. The standard InChI is InChI=1S/C60H51BN2S2/c1-33-14-10-11-15-37(33)45-27-43-40-24-23-39-44-28-48-42(41-26-35(59(5,6)7)20-25-47(41)60(48,8)9)30-51(44)63(36-21-18-34(19-22-36)58(2,3)4)61-49-29-46-38-16-12-13-17-54(38)65-55(46)32-52(49)62(57(40)56(39)61)50(43)31-53(45)64/h10-32,64H,1-9H3. The maximum Gasteiger partial charge on any atom is 0.333 e. The maximum absolute atomic E-state index is 5.28. The van der Waals surface area contributed by atoms with Crippen LogP contribution in [0.15, 0.2) is 144 Å².